The molecule has 0 saturated heterocycles. The number of rotatable bonds is 2. The van der Waals surface area contributed by atoms with E-state index in [-0.39, 0.29) is 0 Å². The van der Waals surface area contributed by atoms with Gasteiger partial charge in [-0.25, -0.2) is 0 Å². The highest BCUT2D eigenvalue weighted by Gasteiger charge is 2.13. The predicted molar refractivity (Wildman–Crippen MR) is 112 cm³/mol. The number of hydrogen-bond acceptors (Lipinski definition) is 1. The number of nitrogens with zero attached hydrogens (tertiary/aromatic N) is 2. The van der Waals surface area contributed by atoms with Gasteiger partial charge in [-0.15, -0.1) is 0 Å². The minimum Gasteiger partial charge on any atom is -0.350 e. The van der Waals surface area contributed by atoms with Crippen LogP contribution in [0.3, 0.4) is 0 Å². The molecule has 2 heterocycles. The SMILES string of the molecule is Cn1cc2cc/c(=C\C=C\c3sc4ccccc4[n+]3C)c3cccc1c23. The van der Waals surface area contributed by atoms with Crippen LogP contribution in [0.15, 0.2) is 66.9 Å². The molecule has 126 valence electrons. The topological polar surface area (TPSA) is 8.81 Å². The van der Waals surface area contributed by atoms with E-state index in [9.17, 15) is 0 Å². The summed E-state index contributed by atoms with van der Waals surface area (Å²) in [5.41, 5.74) is 2.56. The van der Waals surface area contributed by atoms with Crippen molar-refractivity contribution in [3.8, 4) is 0 Å². The zero-order chi connectivity index (χ0) is 17.7. The van der Waals surface area contributed by atoms with Gasteiger partial charge in [0.15, 0.2) is 0 Å². The Labute approximate surface area is 155 Å². The highest BCUT2D eigenvalue weighted by molar-refractivity contribution is 7.18. The van der Waals surface area contributed by atoms with E-state index in [1.807, 2.05) is 11.3 Å². The van der Waals surface area contributed by atoms with Gasteiger partial charge < -0.3 is 4.57 Å². The third kappa shape index (κ3) is 2.28. The van der Waals surface area contributed by atoms with Gasteiger partial charge in [0.05, 0.1) is 0 Å². The molecule has 26 heavy (non-hydrogen) atoms. The number of aryl methyl sites for hydroxylation is 2. The van der Waals surface area contributed by atoms with Crippen LogP contribution < -0.4 is 9.79 Å². The number of fused-ring (bicyclic) bond motifs is 1. The van der Waals surface area contributed by atoms with E-state index >= 15 is 0 Å². The standard InChI is InChI=1S/C23H19N2S/c1-24-15-17-14-13-16(18-8-6-10-20(24)23(17)18)7-5-12-22-25(2)19-9-3-4-11-21(19)26-22/h3-15H,1-2H3/q+1. The first kappa shape index (κ1) is 15.4. The fraction of sp³-hybridized carbons (Fsp3) is 0.0870. The Hall–Kier alpha value is -2.91. The molecule has 5 aromatic rings. The molecule has 0 unspecified atom stereocenters. The zero-order valence-corrected chi connectivity index (χ0v) is 15.6. The first-order valence-electron chi connectivity index (χ1n) is 8.75. The Balaban J connectivity index is 1.63. The summed E-state index contributed by atoms with van der Waals surface area (Å²) in [6, 6.07) is 19.5. The Kier molecular flexibility index (Phi) is 3.44. The van der Waals surface area contributed by atoms with E-state index in [2.05, 4.69) is 102 Å². The summed E-state index contributed by atoms with van der Waals surface area (Å²) in [5, 5.41) is 6.47. The smallest absolute Gasteiger partial charge is 0.262 e. The lowest BCUT2D eigenvalue weighted by Gasteiger charge is -2.00. The van der Waals surface area contributed by atoms with Gasteiger partial charge in [0.25, 0.3) is 5.01 Å². The van der Waals surface area contributed by atoms with Gasteiger partial charge in [0.2, 0.25) is 5.52 Å². The maximum Gasteiger partial charge on any atom is 0.262 e. The molecule has 0 spiro atoms. The molecule has 0 bridgehead atoms. The lowest BCUT2D eigenvalue weighted by Crippen LogP contribution is -2.28. The highest BCUT2D eigenvalue weighted by Crippen LogP contribution is 2.25. The number of allylic oxidation sites excluding steroid dienone is 1. The van der Waals surface area contributed by atoms with Crippen molar-refractivity contribution >= 4 is 55.4 Å². The fourth-order valence-corrected chi connectivity index (χ4v) is 4.83. The van der Waals surface area contributed by atoms with Crippen molar-refractivity contribution in [2.24, 2.45) is 14.1 Å². The second kappa shape index (κ2) is 5.82. The predicted octanol–water partition coefficient (Wildman–Crippen LogP) is 4.58. The van der Waals surface area contributed by atoms with Gasteiger partial charge >= 0.3 is 0 Å². The van der Waals surface area contributed by atoms with Gasteiger partial charge in [0.1, 0.15) is 11.7 Å². The number of thiazole rings is 1. The van der Waals surface area contributed by atoms with Crippen LogP contribution in [0.2, 0.25) is 0 Å². The molecule has 0 aliphatic heterocycles. The first-order chi connectivity index (χ1) is 12.7. The summed E-state index contributed by atoms with van der Waals surface area (Å²) >= 11 is 1.82. The number of para-hydroxylation sites is 1. The molecule has 0 N–H and O–H groups in total. The lowest BCUT2D eigenvalue weighted by molar-refractivity contribution is -0.642. The molecule has 5 rings (SSSR count). The summed E-state index contributed by atoms with van der Waals surface area (Å²) in [5.74, 6) is 0. The van der Waals surface area contributed by atoms with Crippen LogP contribution in [0.1, 0.15) is 5.01 Å². The molecule has 2 aromatic heterocycles. The van der Waals surface area contributed by atoms with Crippen molar-refractivity contribution in [2.45, 2.75) is 0 Å². The third-order valence-corrected chi connectivity index (χ3v) is 6.27. The van der Waals surface area contributed by atoms with Gasteiger partial charge in [-0.2, -0.15) is 4.57 Å². The molecule has 0 aliphatic rings. The summed E-state index contributed by atoms with van der Waals surface area (Å²) in [7, 11) is 4.24. The van der Waals surface area contributed by atoms with Crippen molar-refractivity contribution < 1.29 is 4.57 Å². The second-order valence-electron chi connectivity index (χ2n) is 6.68. The highest BCUT2D eigenvalue weighted by atomic mass is 32.1. The van der Waals surface area contributed by atoms with Crippen molar-refractivity contribution in [1.82, 2.24) is 4.57 Å². The number of hydrogen-bond donors (Lipinski definition) is 0. The van der Waals surface area contributed by atoms with E-state index in [0.717, 1.165) is 0 Å². The first-order valence-corrected chi connectivity index (χ1v) is 9.56. The van der Waals surface area contributed by atoms with E-state index in [4.69, 9.17) is 0 Å². The molecule has 0 fully saturated rings. The minimum absolute atomic E-state index is 1.25. The van der Waals surface area contributed by atoms with E-state index in [1.54, 1.807) is 0 Å². The van der Waals surface area contributed by atoms with E-state index in [1.165, 1.54) is 42.1 Å². The van der Waals surface area contributed by atoms with Crippen LogP contribution in [-0.2, 0) is 14.1 Å². The monoisotopic (exact) mass is 355 g/mol. The largest absolute Gasteiger partial charge is 0.350 e. The average molecular weight is 355 g/mol. The number of aromatic nitrogens is 2. The normalized spacial score (nSPS) is 13.1. The quantitative estimate of drug-likeness (QED) is 0.410. The van der Waals surface area contributed by atoms with Crippen LogP contribution in [0.5, 0.6) is 0 Å². The molecule has 0 radical (unpaired) electrons. The summed E-state index contributed by atoms with van der Waals surface area (Å²) < 4.78 is 5.77. The molecule has 3 aromatic carbocycles. The summed E-state index contributed by atoms with van der Waals surface area (Å²) in [6.45, 7) is 0. The third-order valence-electron chi connectivity index (χ3n) is 5.08. The van der Waals surface area contributed by atoms with Crippen LogP contribution in [0, 0.1) is 0 Å². The second-order valence-corrected chi connectivity index (χ2v) is 7.74. The summed E-state index contributed by atoms with van der Waals surface area (Å²) in [6.07, 6.45) is 8.78. The van der Waals surface area contributed by atoms with Crippen LogP contribution in [-0.4, -0.2) is 4.57 Å². The van der Waals surface area contributed by atoms with Crippen molar-refractivity contribution in [2.75, 3.05) is 0 Å². The van der Waals surface area contributed by atoms with Gasteiger partial charge in [-0.1, -0.05) is 59.9 Å². The molecule has 0 saturated carbocycles. The van der Waals surface area contributed by atoms with Gasteiger partial charge in [0, 0.05) is 41.7 Å². The lowest BCUT2D eigenvalue weighted by atomic mass is 10.1. The molecule has 0 atom stereocenters. The van der Waals surface area contributed by atoms with Crippen molar-refractivity contribution in [3.05, 3.63) is 77.1 Å². The van der Waals surface area contributed by atoms with Crippen LogP contribution >= 0.6 is 11.3 Å². The van der Waals surface area contributed by atoms with Crippen LogP contribution in [0.25, 0.3) is 44.0 Å². The minimum atomic E-state index is 1.25. The van der Waals surface area contributed by atoms with E-state index < -0.39 is 0 Å². The maximum atomic E-state index is 2.25. The molecule has 3 heteroatoms. The number of benzene rings is 3. The van der Waals surface area contributed by atoms with Crippen molar-refractivity contribution in [1.29, 1.82) is 0 Å². The molecule has 0 aliphatic carbocycles. The molecule has 0 amide bonds. The van der Waals surface area contributed by atoms with Crippen molar-refractivity contribution in [3.63, 3.8) is 0 Å². The summed E-state index contributed by atoms with van der Waals surface area (Å²) in [4.78, 5) is 0. The van der Waals surface area contributed by atoms with Gasteiger partial charge in [-0.3, -0.25) is 0 Å². The zero-order valence-electron chi connectivity index (χ0n) is 14.8. The van der Waals surface area contributed by atoms with E-state index in [0.29, 0.717) is 0 Å². The molecule has 2 nitrogen and oxygen atoms in total. The van der Waals surface area contributed by atoms with Gasteiger partial charge in [-0.05, 0) is 22.7 Å². The Morgan fingerprint density at radius 3 is 2.77 bits per heavy atom. The fourth-order valence-electron chi connectivity index (χ4n) is 3.76. The Morgan fingerprint density at radius 1 is 1.00 bits per heavy atom. The Morgan fingerprint density at radius 2 is 1.88 bits per heavy atom. The maximum absolute atomic E-state index is 2.25. The average Bonchev–Trinajstić information content (AvgIpc) is 3.16. The van der Waals surface area contributed by atoms with Crippen LogP contribution in [0.4, 0.5) is 0 Å². The Bertz CT molecular complexity index is 1350. The molecular weight excluding hydrogens is 336 g/mol. The molecular formula is C23H19N2S+.